The van der Waals surface area contributed by atoms with Crippen molar-refractivity contribution in [2.24, 2.45) is 16.6 Å². The van der Waals surface area contributed by atoms with Gasteiger partial charge in [-0.2, -0.15) is 0 Å². The quantitative estimate of drug-likeness (QED) is 0.578. The van der Waals surface area contributed by atoms with Gasteiger partial charge in [-0.05, 0) is 71.8 Å². The third-order valence-electron chi connectivity index (χ3n) is 3.67. The van der Waals surface area contributed by atoms with Gasteiger partial charge in [0, 0.05) is 34.9 Å². The van der Waals surface area contributed by atoms with Crippen LogP contribution < -0.4 is 5.73 Å². The van der Waals surface area contributed by atoms with Crippen molar-refractivity contribution in [1.29, 1.82) is 0 Å². The van der Waals surface area contributed by atoms with E-state index in [9.17, 15) is 9.18 Å². The molecule has 0 unspecified atom stereocenters. The Labute approximate surface area is 138 Å². The first-order valence-electron chi connectivity index (χ1n) is 7.40. The molecule has 0 saturated heterocycles. The maximum Gasteiger partial charge on any atom is 0.164 e. The Bertz CT molecular complexity index is 617. The van der Waals surface area contributed by atoms with E-state index >= 15 is 0 Å². The fourth-order valence-corrected chi connectivity index (χ4v) is 2.65. The number of halogens is 2. The van der Waals surface area contributed by atoms with Gasteiger partial charge in [-0.15, -0.1) is 0 Å². The van der Waals surface area contributed by atoms with Crippen LogP contribution in [0.4, 0.5) is 4.39 Å². The van der Waals surface area contributed by atoms with Gasteiger partial charge in [0.25, 0.3) is 0 Å². The average molecular weight is 367 g/mol. The van der Waals surface area contributed by atoms with Crippen LogP contribution in [0.1, 0.15) is 43.0 Å². The van der Waals surface area contributed by atoms with E-state index in [2.05, 4.69) is 20.9 Å². The van der Waals surface area contributed by atoms with Crippen molar-refractivity contribution < 1.29 is 9.18 Å². The third-order valence-corrected chi connectivity index (χ3v) is 4.32. The van der Waals surface area contributed by atoms with Gasteiger partial charge in [0.15, 0.2) is 5.78 Å². The van der Waals surface area contributed by atoms with E-state index in [-0.39, 0.29) is 11.6 Å². The van der Waals surface area contributed by atoms with E-state index in [1.54, 1.807) is 6.21 Å². The minimum Gasteiger partial charge on any atom is -0.402 e. The molecule has 0 radical (unpaired) electrons. The predicted octanol–water partition coefficient (Wildman–Crippen LogP) is 4.26. The van der Waals surface area contributed by atoms with Gasteiger partial charge in [-0.25, -0.2) is 4.39 Å². The van der Waals surface area contributed by atoms with Crippen molar-refractivity contribution in [2.45, 2.75) is 32.6 Å². The van der Waals surface area contributed by atoms with Gasteiger partial charge < -0.3 is 5.73 Å². The minimum atomic E-state index is -0.367. The number of carbonyl (C=O) groups is 1. The molecule has 1 fully saturated rings. The molecule has 5 heteroatoms. The lowest BCUT2D eigenvalue weighted by Gasteiger charge is -2.06. The summed E-state index contributed by atoms with van der Waals surface area (Å²) in [5, 5.41) is 0. The highest BCUT2D eigenvalue weighted by molar-refractivity contribution is 9.10. The second-order valence-corrected chi connectivity index (χ2v) is 6.55. The van der Waals surface area contributed by atoms with Crippen LogP contribution in [0.2, 0.25) is 0 Å². The maximum absolute atomic E-state index is 13.1. The fourth-order valence-electron chi connectivity index (χ4n) is 2.07. The van der Waals surface area contributed by atoms with Crippen molar-refractivity contribution in [3.8, 4) is 0 Å². The number of rotatable bonds is 7. The lowest BCUT2D eigenvalue weighted by molar-refractivity contribution is 0.0982. The molecule has 2 rings (SSSR count). The highest BCUT2D eigenvalue weighted by Crippen LogP contribution is 2.28. The zero-order chi connectivity index (χ0) is 16.1. The van der Waals surface area contributed by atoms with Crippen molar-refractivity contribution in [3.05, 3.63) is 45.3 Å². The lowest BCUT2D eigenvalue weighted by atomic mass is 10.0. The summed E-state index contributed by atoms with van der Waals surface area (Å²) in [4.78, 5) is 16.6. The molecule has 1 aromatic rings. The smallest absolute Gasteiger partial charge is 0.164 e. The number of nitrogens with zero attached hydrogens (tertiary/aromatic N) is 1. The summed E-state index contributed by atoms with van der Waals surface area (Å²) in [6, 6.07) is 4.09. The molecule has 0 aliphatic heterocycles. The molecule has 3 nitrogen and oxygen atoms in total. The van der Waals surface area contributed by atoms with E-state index in [1.807, 2.05) is 6.92 Å². The minimum absolute atomic E-state index is 0.0405. The molecule has 2 N–H and O–H groups in total. The van der Waals surface area contributed by atoms with Gasteiger partial charge >= 0.3 is 0 Å². The number of nitrogens with two attached hydrogens (primary N) is 1. The number of aliphatic imine (C=N–C) groups is 1. The Balaban J connectivity index is 1.95. The molecule has 0 atom stereocenters. The van der Waals surface area contributed by atoms with Crippen LogP contribution in [-0.4, -0.2) is 18.5 Å². The fraction of sp³-hybridized carbons (Fsp3) is 0.412. The first kappa shape index (κ1) is 16.9. The SMILES string of the molecule is CC(N)=C(C=NCC1CC1)CCC(=O)c1ccc(F)cc1Br. The predicted molar refractivity (Wildman–Crippen MR) is 90.6 cm³/mol. The molecule has 0 amide bonds. The Morgan fingerprint density at radius 1 is 1.45 bits per heavy atom. The van der Waals surface area contributed by atoms with Gasteiger partial charge in [0.1, 0.15) is 5.82 Å². The Hall–Kier alpha value is -1.49. The van der Waals surface area contributed by atoms with Crippen LogP contribution >= 0.6 is 15.9 Å². The monoisotopic (exact) mass is 366 g/mol. The summed E-state index contributed by atoms with van der Waals surface area (Å²) in [5.41, 5.74) is 7.93. The standard InChI is InChI=1S/C17H20BrFN2O/c1-11(20)13(10-21-9-12-2-3-12)4-7-17(22)15-6-5-14(19)8-16(15)18/h5-6,8,10,12H,2-4,7,9,20H2,1H3. The van der Waals surface area contributed by atoms with Gasteiger partial charge in [0.2, 0.25) is 0 Å². The summed E-state index contributed by atoms with van der Waals surface area (Å²) in [5.74, 6) is 0.322. The zero-order valence-electron chi connectivity index (χ0n) is 12.6. The molecular weight excluding hydrogens is 347 g/mol. The largest absolute Gasteiger partial charge is 0.402 e. The molecule has 1 aromatic carbocycles. The number of carbonyl (C=O) groups excluding carboxylic acids is 1. The Morgan fingerprint density at radius 3 is 2.77 bits per heavy atom. The highest BCUT2D eigenvalue weighted by atomic mass is 79.9. The number of hydrogen-bond acceptors (Lipinski definition) is 3. The van der Waals surface area contributed by atoms with E-state index in [1.165, 1.54) is 31.0 Å². The normalized spacial score (nSPS) is 16.0. The first-order valence-corrected chi connectivity index (χ1v) is 8.20. The van der Waals surface area contributed by atoms with Crippen molar-refractivity contribution in [3.63, 3.8) is 0 Å². The number of allylic oxidation sites excluding steroid dienone is 2. The average Bonchev–Trinajstić information content (AvgIpc) is 3.26. The van der Waals surface area contributed by atoms with Crippen LogP contribution in [0.3, 0.4) is 0 Å². The summed E-state index contributed by atoms with van der Waals surface area (Å²) in [7, 11) is 0. The summed E-state index contributed by atoms with van der Waals surface area (Å²) < 4.78 is 13.5. The van der Waals surface area contributed by atoms with Crippen LogP contribution in [0.25, 0.3) is 0 Å². The van der Waals surface area contributed by atoms with E-state index in [4.69, 9.17) is 5.73 Å². The third kappa shape index (κ3) is 5.05. The maximum atomic E-state index is 13.1. The van der Waals surface area contributed by atoms with Crippen LogP contribution in [0.15, 0.2) is 38.9 Å². The van der Waals surface area contributed by atoms with Crippen molar-refractivity contribution in [2.75, 3.05) is 6.54 Å². The molecule has 0 aromatic heterocycles. The Kier molecular flexibility index (Phi) is 5.89. The van der Waals surface area contributed by atoms with Crippen LogP contribution in [0, 0.1) is 11.7 Å². The van der Waals surface area contributed by atoms with E-state index < -0.39 is 0 Å². The topological polar surface area (TPSA) is 55.4 Å². The van der Waals surface area contributed by atoms with Crippen molar-refractivity contribution in [1.82, 2.24) is 0 Å². The second-order valence-electron chi connectivity index (χ2n) is 5.69. The van der Waals surface area contributed by atoms with E-state index in [0.29, 0.717) is 28.6 Å². The van der Waals surface area contributed by atoms with Crippen LogP contribution in [0.5, 0.6) is 0 Å². The molecular formula is C17H20BrFN2O. The summed E-state index contributed by atoms with van der Waals surface area (Å²) in [6.07, 6.45) is 5.17. The zero-order valence-corrected chi connectivity index (χ0v) is 14.2. The molecule has 0 bridgehead atoms. The number of Topliss-reactive ketones (excluding diaryl/α,β-unsaturated/α-hetero) is 1. The molecule has 22 heavy (non-hydrogen) atoms. The molecule has 0 spiro atoms. The number of ketones is 1. The van der Waals surface area contributed by atoms with E-state index in [0.717, 1.165) is 18.0 Å². The van der Waals surface area contributed by atoms with Gasteiger partial charge in [-0.3, -0.25) is 9.79 Å². The molecule has 0 heterocycles. The first-order chi connectivity index (χ1) is 10.5. The molecule has 1 aliphatic rings. The number of hydrogen-bond donors (Lipinski definition) is 1. The Morgan fingerprint density at radius 2 is 2.18 bits per heavy atom. The second kappa shape index (κ2) is 7.68. The highest BCUT2D eigenvalue weighted by Gasteiger charge is 2.20. The van der Waals surface area contributed by atoms with Crippen LogP contribution in [-0.2, 0) is 0 Å². The lowest BCUT2D eigenvalue weighted by Crippen LogP contribution is -2.05. The van der Waals surface area contributed by atoms with Gasteiger partial charge in [0.05, 0.1) is 0 Å². The number of benzene rings is 1. The summed E-state index contributed by atoms with van der Waals surface area (Å²) >= 11 is 3.22. The molecule has 118 valence electrons. The summed E-state index contributed by atoms with van der Waals surface area (Å²) in [6.45, 7) is 2.66. The van der Waals surface area contributed by atoms with Gasteiger partial charge in [-0.1, -0.05) is 0 Å². The van der Waals surface area contributed by atoms with Crippen molar-refractivity contribution >= 4 is 27.9 Å². The molecule has 1 saturated carbocycles. The molecule has 1 aliphatic carbocycles.